The fourth-order valence-corrected chi connectivity index (χ4v) is 3.51. The molecule has 4 fully saturated rings. The third kappa shape index (κ3) is 2.33. The topological polar surface area (TPSA) is 58.4 Å². The number of carbonyl (C=O) groups is 1. The summed E-state index contributed by atoms with van der Waals surface area (Å²) in [4.78, 5) is 14.5. The van der Waals surface area contributed by atoms with E-state index >= 15 is 0 Å². The van der Waals surface area contributed by atoms with E-state index < -0.39 is 0 Å². The second kappa shape index (κ2) is 4.25. The average Bonchev–Trinajstić information content (AvgIpc) is 2.28. The highest BCUT2D eigenvalue weighted by molar-refractivity contribution is 5.77. The van der Waals surface area contributed by atoms with Gasteiger partial charge in [-0.3, -0.25) is 4.79 Å². The van der Waals surface area contributed by atoms with Crippen molar-refractivity contribution >= 4 is 5.91 Å². The number of nitrogens with one attached hydrogen (secondary N) is 1. The number of carbonyl (C=O) groups excluding carboxylic acids is 1. The molecule has 3 aliphatic heterocycles. The molecule has 2 bridgehead atoms. The largest absolute Gasteiger partial charge is 0.352 e. The van der Waals surface area contributed by atoms with E-state index in [-0.39, 0.29) is 11.4 Å². The summed E-state index contributed by atoms with van der Waals surface area (Å²) in [6, 6.07) is 0.383. The molecule has 17 heavy (non-hydrogen) atoms. The summed E-state index contributed by atoms with van der Waals surface area (Å²) < 4.78 is 0. The quantitative estimate of drug-likeness (QED) is 0.750. The lowest BCUT2D eigenvalue weighted by Gasteiger charge is -2.45. The third-order valence-corrected chi connectivity index (χ3v) is 4.86. The zero-order chi connectivity index (χ0) is 11.9. The highest BCUT2D eigenvalue weighted by Crippen LogP contribution is 2.32. The molecular weight excluding hydrogens is 214 g/mol. The van der Waals surface area contributed by atoms with Crippen LogP contribution in [0.5, 0.6) is 0 Å². The van der Waals surface area contributed by atoms with Gasteiger partial charge in [0, 0.05) is 24.5 Å². The van der Waals surface area contributed by atoms with Crippen molar-refractivity contribution in [1.29, 1.82) is 0 Å². The molecule has 0 aromatic rings. The SMILES string of the molecule is NC1(CC(=O)NC2CN3CCC2CC3)CCC1. The number of rotatable bonds is 3. The van der Waals surface area contributed by atoms with E-state index in [1.807, 2.05) is 0 Å². The number of nitrogens with zero attached hydrogens (tertiary/aromatic N) is 1. The molecule has 3 heterocycles. The lowest BCUT2D eigenvalue weighted by atomic mass is 9.75. The molecule has 4 rings (SSSR count). The van der Waals surface area contributed by atoms with E-state index in [2.05, 4.69) is 10.2 Å². The van der Waals surface area contributed by atoms with Crippen LogP contribution < -0.4 is 11.1 Å². The van der Waals surface area contributed by atoms with E-state index in [9.17, 15) is 4.79 Å². The number of piperidine rings is 3. The van der Waals surface area contributed by atoms with Crippen molar-refractivity contribution in [1.82, 2.24) is 10.2 Å². The van der Waals surface area contributed by atoms with Crippen LogP contribution in [0.15, 0.2) is 0 Å². The van der Waals surface area contributed by atoms with E-state index in [0.29, 0.717) is 18.4 Å². The van der Waals surface area contributed by atoms with Gasteiger partial charge >= 0.3 is 0 Å². The Morgan fingerprint density at radius 3 is 2.53 bits per heavy atom. The minimum absolute atomic E-state index is 0.172. The van der Waals surface area contributed by atoms with Gasteiger partial charge in [-0.1, -0.05) is 0 Å². The Morgan fingerprint density at radius 1 is 1.35 bits per heavy atom. The summed E-state index contributed by atoms with van der Waals surface area (Å²) in [5.41, 5.74) is 5.93. The summed E-state index contributed by atoms with van der Waals surface area (Å²) in [6.45, 7) is 3.49. The minimum atomic E-state index is -0.182. The van der Waals surface area contributed by atoms with Crippen LogP contribution >= 0.6 is 0 Å². The molecule has 4 nitrogen and oxygen atoms in total. The number of hydrogen-bond acceptors (Lipinski definition) is 3. The number of fused-ring (bicyclic) bond motifs is 3. The molecular formula is C13H23N3O. The first-order valence-corrected chi connectivity index (χ1v) is 6.95. The predicted octanol–water partition coefficient (Wildman–Crippen LogP) is 0.468. The number of hydrogen-bond donors (Lipinski definition) is 2. The molecule has 0 aromatic carbocycles. The van der Waals surface area contributed by atoms with Crippen molar-refractivity contribution in [2.45, 2.75) is 50.1 Å². The lowest BCUT2D eigenvalue weighted by Crippen LogP contribution is -2.58. The van der Waals surface area contributed by atoms with Crippen molar-refractivity contribution in [3.8, 4) is 0 Å². The van der Waals surface area contributed by atoms with E-state index in [1.165, 1.54) is 32.4 Å². The Bertz CT molecular complexity index is 306. The van der Waals surface area contributed by atoms with Crippen LogP contribution in [-0.2, 0) is 4.79 Å². The zero-order valence-corrected chi connectivity index (χ0v) is 10.5. The van der Waals surface area contributed by atoms with Crippen molar-refractivity contribution in [2.75, 3.05) is 19.6 Å². The Morgan fingerprint density at radius 2 is 2.06 bits per heavy atom. The van der Waals surface area contributed by atoms with Crippen LogP contribution in [0, 0.1) is 5.92 Å². The van der Waals surface area contributed by atoms with E-state index in [0.717, 1.165) is 19.4 Å². The number of amides is 1. The van der Waals surface area contributed by atoms with Crippen LogP contribution in [0.3, 0.4) is 0 Å². The molecule has 0 radical (unpaired) electrons. The second-order valence-corrected chi connectivity index (χ2v) is 6.20. The lowest BCUT2D eigenvalue weighted by molar-refractivity contribution is -0.125. The summed E-state index contributed by atoms with van der Waals surface area (Å²) in [5.74, 6) is 0.880. The highest BCUT2D eigenvalue weighted by atomic mass is 16.1. The van der Waals surface area contributed by atoms with Crippen LogP contribution in [0.25, 0.3) is 0 Å². The normalized spacial score (nSPS) is 38.5. The van der Waals surface area contributed by atoms with Gasteiger partial charge in [0.05, 0.1) is 0 Å². The van der Waals surface area contributed by atoms with Gasteiger partial charge < -0.3 is 16.0 Å². The molecule has 3 N–H and O–H groups in total. The molecule has 4 heteroatoms. The molecule has 1 atom stereocenters. The fourth-order valence-electron chi connectivity index (χ4n) is 3.51. The van der Waals surface area contributed by atoms with Crippen LogP contribution in [0.2, 0.25) is 0 Å². The highest BCUT2D eigenvalue weighted by Gasteiger charge is 2.38. The summed E-state index contributed by atoms with van der Waals surface area (Å²) in [7, 11) is 0. The predicted molar refractivity (Wildman–Crippen MR) is 66.5 cm³/mol. The average molecular weight is 237 g/mol. The summed E-state index contributed by atoms with van der Waals surface area (Å²) in [5, 5.41) is 3.21. The van der Waals surface area contributed by atoms with Gasteiger partial charge in [0.15, 0.2) is 0 Å². The Labute approximate surface area is 103 Å². The van der Waals surface area contributed by atoms with Crippen molar-refractivity contribution in [2.24, 2.45) is 11.7 Å². The molecule has 0 aromatic heterocycles. The van der Waals surface area contributed by atoms with Gasteiger partial charge in [-0.05, 0) is 51.1 Å². The molecule has 1 saturated carbocycles. The minimum Gasteiger partial charge on any atom is -0.352 e. The van der Waals surface area contributed by atoms with Crippen LogP contribution in [0.1, 0.15) is 38.5 Å². The second-order valence-electron chi connectivity index (χ2n) is 6.20. The first-order valence-electron chi connectivity index (χ1n) is 6.95. The van der Waals surface area contributed by atoms with Gasteiger partial charge in [-0.25, -0.2) is 0 Å². The van der Waals surface area contributed by atoms with Gasteiger partial charge in [0.1, 0.15) is 0 Å². The molecule has 96 valence electrons. The van der Waals surface area contributed by atoms with E-state index in [1.54, 1.807) is 0 Å². The van der Waals surface area contributed by atoms with Gasteiger partial charge in [-0.15, -0.1) is 0 Å². The maximum Gasteiger partial charge on any atom is 0.222 e. The van der Waals surface area contributed by atoms with Crippen molar-refractivity contribution in [3.05, 3.63) is 0 Å². The van der Waals surface area contributed by atoms with E-state index in [4.69, 9.17) is 5.73 Å². The van der Waals surface area contributed by atoms with Gasteiger partial charge in [0.25, 0.3) is 0 Å². The smallest absolute Gasteiger partial charge is 0.222 e. The molecule has 1 amide bonds. The third-order valence-electron chi connectivity index (χ3n) is 4.86. The van der Waals surface area contributed by atoms with Crippen molar-refractivity contribution in [3.63, 3.8) is 0 Å². The molecule has 1 aliphatic carbocycles. The Balaban J connectivity index is 1.51. The zero-order valence-electron chi connectivity index (χ0n) is 10.5. The van der Waals surface area contributed by atoms with Gasteiger partial charge in [-0.2, -0.15) is 0 Å². The molecule has 1 unspecified atom stereocenters. The summed E-state index contributed by atoms with van der Waals surface area (Å²) >= 11 is 0. The number of nitrogens with two attached hydrogens (primary N) is 1. The fraction of sp³-hybridized carbons (Fsp3) is 0.923. The van der Waals surface area contributed by atoms with Crippen LogP contribution in [-0.4, -0.2) is 42.0 Å². The molecule has 4 aliphatic rings. The standard InChI is InChI=1S/C13H23N3O/c14-13(4-1-5-13)8-12(17)15-11-9-16-6-2-10(11)3-7-16/h10-11H,1-9,14H2,(H,15,17). The maximum atomic E-state index is 12.0. The summed E-state index contributed by atoms with van der Waals surface area (Å²) in [6.07, 6.45) is 6.23. The monoisotopic (exact) mass is 237 g/mol. The molecule has 3 saturated heterocycles. The Kier molecular flexibility index (Phi) is 2.87. The first-order chi connectivity index (χ1) is 8.15. The van der Waals surface area contributed by atoms with Crippen molar-refractivity contribution < 1.29 is 4.79 Å². The maximum absolute atomic E-state index is 12.0. The first kappa shape index (κ1) is 11.5. The van der Waals surface area contributed by atoms with Crippen LogP contribution in [0.4, 0.5) is 0 Å². The Hall–Kier alpha value is -0.610. The molecule has 0 spiro atoms. The van der Waals surface area contributed by atoms with Gasteiger partial charge in [0.2, 0.25) is 5.91 Å².